The molecule has 8 heteroatoms. The van der Waals surface area contributed by atoms with Crippen LogP contribution in [0, 0.1) is 0 Å². The molecule has 0 bridgehead atoms. The molecular formula is C21H28N6O2. The van der Waals surface area contributed by atoms with Crippen molar-refractivity contribution < 1.29 is 9.53 Å². The number of imidazole rings is 1. The average Bonchev–Trinajstić information content (AvgIpc) is 3.18. The number of benzene rings is 1. The zero-order valence-electron chi connectivity index (χ0n) is 17.2. The Morgan fingerprint density at radius 1 is 1.17 bits per heavy atom. The van der Waals surface area contributed by atoms with Crippen LogP contribution in [0.1, 0.15) is 37.6 Å². The molecule has 2 N–H and O–H groups in total. The number of aromatic nitrogens is 4. The lowest BCUT2D eigenvalue weighted by Gasteiger charge is -2.17. The molecule has 0 spiro atoms. The molecule has 0 fully saturated rings. The number of amides is 1. The van der Waals surface area contributed by atoms with Crippen LogP contribution >= 0.6 is 0 Å². The third-order valence-electron chi connectivity index (χ3n) is 4.76. The summed E-state index contributed by atoms with van der Waals surface area (Å²) in [5.74, 6) is 1.57. The summed E-state index contributed by atoms with van der Waals surface area (Å²) in [6.07, 6.45) is 4.24. The van der Waals surface area contributed by atoms with Crippen LogP contribution < -0.4 is 10.1 Å². The predicted octanol–water partition coefficient (Wildman–Crippen LogP) is 2.83. The Kier molecular flexibility index (Phi) is 7.13. The van der Waals surface area contributed by atoms with E-state index in [1.807, 2.05) is 13.0 Å². The van der Waals surface area contributed by atoms with Crippen molar-refractivity contribution in [3.05, 3.63) is 36.3 Å². The third kappa shape index (κ3) is 5.08. The maximum absolute atomic E-state index is 12.5. The van der Waals surface area contributed by atoms with Crippen molar-refractivity contribution in [3.63, 3.8) is 0 Å². The van der Waals surface area contributed by atoms with Crippen molar-refractivity contribution in [2.24, 2.45) is 0 Å². The van der Waals surface area contributed by atoms with Gasteiger partial charge in [-0.05, 0) is 51.2 Å². The second-order valence-electron chi connectivity index (χ2n) is 6.61. The van der Waals surface area contributed by atoms with Gasteiger partial charge in [-0.15, -0.1) is 0 Å². The Hall–Kier alpha value is -3.00. The van der Waals surface area contributed by atoms with Crippen molar-refractivity contribution in [2.75, 3.05) is 32.8 Å². The molecule has 0 radical (unpaired) electrons. The molecule has 0 saturated heterocycles. The Labute approximate surface area is 171 Å². The molecule has 0 unspecified atom stereocenters. The number of H-pyrrole nitrogens is 1. The fraction of sp³-hybridized carbons (Fsp3) is 0.429. The summed E-state index contributed by atoms with van der Waals surface area (Å²) in [5, 5.41) is 2.99. The topological polar surface area (TPSA) is 96.0 Å². The summed E-state index contributed by atoms with van der Waals surface area (Å²) in [5.41, 5.74) is 1.98. The van der Waals surface area contributed by atoms with Gasteiger partial charge in [-0.25, -0.2) is 15.0 Å². The number of hydrogen-bond acceptors (Lipinski definition) is 6. The maximum atomic E-state index is 12.5. The third-order valence-corrected chi connectivity index (χ3v) is 4.76. The molecule has 0 aromatic heterocycles. The molecule has 2 heterocycles. The van der Waals surface area contributed by atoms with Gasteiger partial charge < -0.3 is 19.9 Å². The fourth-order valence-electron chi connectivity index (χ4n) is 3.14. The van der Waals surface area contributed by atoms with Gasteiger partial charge >= 0.3 is 0 Å². The van der Waals surface area contributed by atoms with Crippen LogP contribution in [0.25, 0.3) is 22.9 Å². The Morgan fingerprint density at radius 3 is 2.72 bits per heavy atom. The van der Waals surface area contributed by atoms with Crippen molar-refractivity contribution in [2.45, 2.75) is 27.2 Å². The van der Waals surface area contributed by atoms with Gasteiger partial charge in [0.25, 0.3) is 5.91 Å². The molecule has 1 amide bonds. The SMILES string of the molecule is CCOc1cc(C(=O)NCCCN(CC)CC)ccc1-c1nc2c[nH]cnc-2n1. The van der Waals surface area contributed by atoms with Crippen molar-refractivity contribution >= 4 is 5.91 Å². The number of carbonyl (C=O) groups excluding carboxylic acids is 1. The van der Waals surface area contributed by atoms with E-state index < -0.39 is 0 Å². The number of aromatic amines is 1. The summed E-state index contributed by atoms with van der Waals surface area (Å²) in [7, 11) is 0. The lowest BCUT2D eigenvalue weighted by molar-refractivity contribution is 0.0951. The van der Waals surface area contributed by atoms with Gasteiger partial charge in [0, 0.05) is 18.3 Å². The number of fused-ring (bicyclic) bond motifs is 1. The second kappa shape index (κ2) is 9.97. The van der Waals surface area contributed by atoms with E-state index in [9.17, 15) is 4.79 Å². The van der Waals surface area contributed by atoms with Crippen LogP contribution in [0.15, 0.2) is 30.7 Å². The maximum Gasteiger partial charge on any atom is 0.251 e. The van der Waals surface area contributed by atoms with E-state index in [-0.39, 0.29) is 5.91 Å². The second-order valence-corrected chi connectivity index (χ2v) is 6.61. The van der Waals surface area contributed by atoms with Crippen molar-refractivity contribution in [3.8, 4) is 28.7 Å². The van der Waals surface area contributed by atoms with Crippen LogP contribution in [0.5, 0.6) is 5.75 Å². The molecule has 1 aromatic rings. The molecule has 2 aliphatic heterocycles. The highest BCUT2D eigenvalue weighted by atomic mass is 16.5. The molecule has 3 rings (SSSR count). The number of ether oxygens (including phenoxy) is 1. The van der Waals surface area contributed by atoms with E-state index in [4.69, 9.17) is 4.74 Å². The first kappa shape index (κ1) is 20.7. The van der Waals surface area contributed by atoms with Gasteiger partial charge in [-0.1, -0.05) is 13.8 Å². The molecule has 0 aliphatic carbocycles. The molecule has 2 aliphatic rings. The highest BCUT2D eigenvalue weighted by Gasteiger charge is 2.18. The van der Waals surface area contributed by atoms with Gasteiger partial charge in [0.2, 0.25) is 0 Å². The molecule has 0 saturated carbocycles. The van der Waals surface area contributed by atoms with E-state index in [2.05, 4.69) is 44.0 Å². The van der Waals surface area contributed by atoms with Gasteiger partial charge in [-0.3, -0.25) is 4.79 Å². The first-order valence-electron chi connectivity index (χ1n) is 10.1. The van der Waals surface area contributed by atoms with E-state index in [1.165, 1.54) is 0 Å². The normalized spacial score (nSPS) is 11.2. The first-order chi connectivity index (χ1) is 14.2. The minimum absolute atomic E-state index is 0.109. The van der Waals surface area contributed by atoms with E-state index in [0.29, 0.717) is 41.8 Å². The van der Waals surface area contributed by atoms with E-state index >= 15 is 0 Å². The molecule has 29 heavy (non-hydrogen) atoms. The summed E-state index contributed by atoms with van der Waals surface area (Å²) < 4.78 is 5.77. The predicted molar refractivity (Wildman–Crippen MR) is 112 cm³/mol. The molecule has 8 nitrogen and oxygen atoms in total. The zero-order chi connectivity index (χ0) is 20.6. The van der Waals surface area contributed by atoms with Crippen LogP contribution in [0.4, 0.5) is 0 Å². The molecule has 1 aromatic carbocycles. The van der Waals surface area contributed by atoms with Crippen molar-refractivity contribution in [1.82, 2.24) is 30.2 Å². The summed E-state index contributed by atoms with van der Waals surface area (Å²) in [6, 6.07) is 5.35. The van der Waals surface area contributed by atoms with Gasteiger partial charge in [0.1, 0.15) is 11.4 Å². The largest absolute Gasteiger partial charge is 0.493 e. The molecule has 154 valence electrons. The first-order valence-corrected chi connectivity index (χ1v) is 10.1. The highest BCUT2D eigenvalue weighted by molar-refractivity contribution is 5.95. The Balaban J connectivity index is 1.72. The summed E-state index contributed by atoms with van der Waals surface area (Å²) in [4.78, 5) is 30.9. The summed E-state index contributed by atoms with van der Waals surface area (Å²) in [6.45, 7) is 10.3. The zero-order valence-corrected chi connectivity index (χ0v) is 17.2. The van der Waals surface area contributed by atoms with Crippen LogP contribution in [0.2, 0.25) is 0 Å². The Bertz CT molecular complexity index is 876. The van der Waals surface area contributed by atoms with Crippen molar-refractivity contribution in [1.29, 1.82) is 0 Å². The highest BCUT2D eigenvalue weighted by Crippen LogP contribution is 2.31. The van der Waals surface area contributed by atoms with Gasteiger partial charge in [0.15, 0.2) is 11.6 Å². The van der Waals surface area contributed by atoms with Gasteiger partial charge in [-0.2, -0.15) is 0 Å². The fourth-order valence-corrected chi connectivity index (χ4v) is 3.14. The van der Waals surface area contributed by atoms with E-state index in [1.54, 1.807) is 24.7 Å². The van der Waals surface area contributed by atoms with Crippen LogP contribution in [0.3, 0.4) is 0 Å². The number of nitrogens with one attached hydrogen (secondary N) is 2. The monoisotopic (exact) mass is 396 g/mol. The number of nitrogens with zero attached hydrogens (tertiary/aromatic N) is 4. The minimum atomic E-state index is -0.109. The minimum Gasteiger partial charge on any atom is -0.493 e. The quantitative estimate of drug-likeness (QED) is 0.512. The van der Waals surface area contributed by atoms with E-state index in [0.717, 1.165) is 31.6 Å². The lowest BCUT2D eigenvalue weighted by Crippen LogP contribution is -2.29. The van der Waals surface area contributed by atoms with Gasteiger partial charge in [0.05, 0.1) is 18.5 Å². The Morgan fingerprint density at radius 2 is 2.00 bits per heavy atom. The number of rotatable bonds is 10. The van der Waals surface area contributed by atoms with Crippen LogP contribution in [-0.4, -0.2) is 63.5 Å². The summed E-state index contributed by atoms with van der Waals surface area (Å²) >= 11 is 0. The molecule has 0 atom stereocenters. The average molecular weight is 396 g/mol. The van der Waals surface area contributed by atoms with Crippen LogP contribution in [-0.2, 0) is 0 Å². The standard InChI is InChI=1S/C21H28N6O2/c1-4-27(5-2)11-7-10-23-21(28)15-8-9-16(18(12-15)29-6-3)19-25-17-13-22-14-24-20(17)26-19/h8-9,12-14H,4-7,10-11H2,1-3H3,(H,23,28)(H,22,24,25,26). The smallest absolute Gasteiger partial charge is 0.251 e. The number of hydrogen-bond donors (Lipinski definition) is 2. The lowest BCUT2D eigenvalue weighted by atomic mass is 10.1. The molecular weight excluding hydrogens is 368 g/mol. The number of carbonyl (C=O) groups is 1.